The number of halogens is 2. The zero-order chi connectivity index (χ0) is 18.2. The Morgan fingerprint density at radius 2 is 2.04 bits per heavy atom. The van der Waals surface area contributed by atoms with Crippen LogP contribution in [0.25, 0.3) is 0 Å². The van der Waals surface area contributed by atoms with E-state index in [1.165, 1.54) is 23.8 Å². The first kappa shape index (κ1) is 22.1. The smallest absolute Gasteiger partial charge is 0.191 e. The average molecular weight is 502 g/mol. The van der Waals surface area contributed by atoms with Gasteiger partial charge in [-0.2, -0.15) is 0 Å². The van der Waals surface area contributed by atoms with Crippen molar-refractivity contribution in [3.63, 3.8) is 0 Å². The van der Waals surface area contributed by atoms with Gasteiger partial charge in [0.05, 0.1) is 0 Å². The number of aliphatic imine (C=N–C) groups is 1. The van der Waals surface area contributed by atoms with Gasteiger partial charge in [0.2, 0.25) is 0 Å². The number of nitrogens with one attached hydrogen (secondary N) is 2. The van der Waals surface area contributed by atoms with Crippen LogP contribution in [0.1, 0.15) is 23.3 Å². The lowest BCUT2D eigenvalue weighted by Crippen LogP contribution is -2.42. The Balaban J connectivity index is 0.00000261. The number of rotatable bonds is 6. The maximum atomic E-state index is 13.2. The number of hydrogen-bond donors (Lipinski definition) is 2. The molecule has 1 aromatic carbocycles. The van der Waals surface area contributed by atoms with Gasteiger partial charge < -0.3 is 10.6 Å². The van der Waals surface area contributed by atoms with E-state index in [1.807, 2.05) is 17.4 Å². The quantitative estimate of drug-likeness (QED) is 0.355. The molecule has 27 heavy (non-hydrogen) atoms. The number of benzene rings is 1. The summed E-state index contributed by atoms with van der Waals surface area (Å²) in [4.78, 5) is 8.26. The first-order valence-corrected chi connectivity index (χ1v) is 10.0. The molecule has 1 saturated heterocycles. The fraction of sp³-hybridized carbons (Fsp3) is 0.450. The molecule has 2 aromatic rings. The molecular formula is C20H28FIN4S. The molecule has 1 aliphatic rings. The van der Waals surface area contributed by atoms with Crippen molar-refractivity contribution in [2.75, 3.05) is 26.7 Å². The molecule has 1 aromatic heterocycles. The fourth-order valence-electron chi connectivity index (χ4n) is 3.27. The van der Waals surface area contributed by atoms with Crippen molar-refractivity contribution in [3.8, 4) is 0 Å². The van der Waals surface area contributed by atoms with Gasteiger partial charge >= 0.3 is 0 Å². The third kappa shape index (κ3) is 7.38. The Hall–Kier alpha value is -1.19. The Bertz CT molecular complexity index is 700. The van der Waals surface area contributed by atoms with Crippen LogP contribution in [0.4, 0.5) is 4.39 Å². The largest absolute Gasteiger partial charge is 0.356 e. The van der Waals surface area contributed by atoms with Crippen molar-refractivity contribution < 1.29 is 4.39 Å². The Labute approximate surface area is 182 Å². The molecule has 2 heterocycles. The number of guanidine groups is 1. The Kier molecular flexibility index (Phi) is 9.50. The van der Waals surface area contributed by atoms with Gasteiger partial charge in [-0.3, -0.25) is 9.89 Å². The van der Waals surface area contributed by atoms with E-state index in [-0.39, 0.29) is 29.8 Å². The summed E-state index contributed by atoms with van der Waals surface area (Å²) in [6, 6.07) is 11.0. The van der Waals surface area contributed by atoms with E-state index in [2.05, 4.69) is 38.0 Å². The lowest BCUT2D eigenvalue weighted by molar-refractivity contribution is 0.179. The summed E-state index contributed by atoms with van der Waals surface area (Å²) in [6.45, 7) is 4.88. The van der Waals surface area contributed by atoms with E-state index in [0.717, 1.165) is 37.7 Å². The van der Waals surface area contributed by atoms with Crippen LogP contribution in [0.3, 0.4) is 0 Å². The van der Waals surface area contributed by atoms with Crippen molar-refractivity contribution in [1.29, 1.82) is 0 Å². The summed E-state index contributed by atoms with van der Waals surface area (Å²) in [6.07, 6.45) is 2.42. The molecule has 0 spiro atoms. The summed E-state index contributed by atoms with van der Waals surface area (Å²) in [5.41, 5.74) is 0.912. The van der Waals surface area contributed by atoms with E-state index in [4.69, 9.17) is 0 Å². The normalized spacial score (nSPS) is 16.0. The molecule has 0 saturated carbocycles. The van der Waals surface area contributed by atoms with Gasteiger partial charge in [0, 0.05) is 31.6 Å². The fourth-order valence-corrected chi connectivity index (χ4v) is 4.01. The SMILES string of the molecule is CN=C(NCc1cccc(F)c1)NCC1CCN(Cc2cccs2)CC1.I. The van der Waals surface area contributed by atoms with Gasteiger partial charge in [-0.1, -0.05) is 18.2 Å². The lowest BCUT2D eigenvalue weighted by atomic mass is 9.97. The number of piperidine rings is 1. The van der Waals surface area contributed by atoms with Crippen LogP contribution in [0, 0.1) is 11.7 Å². The van der Waals surface area contributed by atoms with Crippen LogP contribution >= 0.6 is 35.3 Å². The second kappa shape index (κ2) is 11.6. The van der Waals surface area contributed by atoms with E-state index in [0.29, 0.717) is 12.5 Å². The molecule has 0 radical (unpaired) electrons. The minimum atomic E-state index is -0.207. The molecule has 0 unspecified atom stereocenters. The van der Waals surface area contributed by atoms with E-state index >= 15 is 0 Å². The highest BCUT2D eigenvalue weighted by molar-refractivity contribution is 14.0. The lowest BCUT2D eigenvalue weighted by Gasteiger charge is -2.32. The molecule has 0 amide bonds. The summed E-state index contributed by atoms with van der Waals surface area (Å²) >= 11 is 1.84. The molecule has 1 aliphatic heterocycles. The summed E-state index contributed by atoms with van der Waals surface area (Å²) in [7, 11) is 1.77. The van der Waals surface area contributed by atoms with Crippen molar-refractivity contribution in [2.24, 2.45) is 10.9 Å². The van der Waals surface area contributed by atoms with Crippen LogP contribution in [0.15, 0.2) is 46.8 Å². The van der Waals surface area contributed by atoms with Gasteiger partial charge in [0.15, 0.2) is 5.96 Å². The van der Waals surface area contributed by atoms with Crippen molar-refractivity contribution in [3.05, 3.63) is 58.0 Å². The van der Waals surface area contributed by atoms with E-state index < -0.39 is 0 Å². The van der Waals surface area contributed by atoms with Crippen molar-refractivity contribution >= 4 is 41.3 Å². The highest BCUT2D eigenvalue weighted by Crippen LogP contribution is 2.20. The van der Waals surface area contributed by atoms with Gasteiger partial charge in [-0.15, -0.1) is 35.3 Å². The standard InChI is InChI=1S/C20H27FN4S.HI/c1-22-20(24-14-17-4-2-5-18(21)12-17)23-13-16-7-9-25(10-8-16)15-19-6-3-11-26-19;/h2-6,11-12,16H,7-10,13-15H2,1H3,(H2,22,23,24);1H. The van der Waals surface area contributed by atoms with Gasteiger partial charge in [-0.25, -0.2) is 4.39 Å². The van der Waals surface area contributed by atoms with Crippen molar-refractivity contribution in [1.82, 2.24) is 15.5 Å². The predicted octanol–water partition coefficient (Wildman–Crippen LogP) is 4.08. The molecule has 2 N–H and O–H groups in total. The topological polar surface area (TPSA) is 39.7 Å². The molecule has 148 valence electrons. The second-order valence-corrected chi connectivity index (χ2v) is 7.77. The van der Waals surface area contributed by atoms with Crippen LogP contribution in [-0.4, -0.2) is 37.5 Å². The Morgan fingerprint density at radius 1 is 1.22 bits per heavy atom. The molecule has 3 rings (SSSR count). The van der Waals surface area contributed by atoms with E-state index in [1.54, 1.807) is 19.2 Å². The summed E-state index contributed by atoms with van der Waals surface area (Å²) < 4.78 is 13.2. The van der Waals surface area contributed by atoms with Crippen LogP contribution in [0.2, 0.25) is 0 Å². The number of nitrogens with zero attached hydrogens (tertiary/aromatic N) is 2. The van der Waals surface area contributed by atoms with Crippen LogP contribution in [-0.2, 0) is 13.1 Å². The minimum absolute atomic E-state index is 0. The number of thiophene rings is 1. The first-order valence-electron chi connectivity index (χ1n) is 9.16. The molecule has 0 atom stereocenters. The molecule has 0 aliphatic carbocycles. The Morgan fingerprint density at radius 3 is 2.70 bits per heavy atom. The molecule has 0 bridgehead atoms. The number of likely N-dealkylation sites (tertiary alicyclic amines) is 1. The zero-order valence-corrected chi connectivity index (χ0v) is 18.8. The van der Waals surface area contributed by atoms with Crippen LogP contribution in [0.5, 0.6) is 0 Å². The van der Waals surface area contributed by atoms with Gasteiger partial charge in [0.25, 0.3) is 0 Å². The first-order chi connectivity index (χ1) is 12.7. The number of hydrogen-bond acceptors (Lipinski definition) is 3. The van der Waals surface area contributed by atoms with Gasteiger partial charge in [-0.05, 0) is 61.0 Å². The second-order valence-electron chi connectivity index (χ2n) is 6.74. The third-order valence-corrected chi connectivity index (χ3v) is 5.66. The van der Waals surface area contributed by atoms with Gasteiger partial charge in [0.1, 0.15) is 5.82 Å². The highest BCUT2D eigenvalue weighted by atomic mass is 127. The highest BCUT2D eigenvalue weighted by Gasteiger charge is 2.19. The zero-order valence-electron chi connectivity index (χ0n) is 15.7. The molecular weight excluding hydrogens is 474 g/mol. The minimum Gasteiger partial charge on any atom is -0.356 e. The maximum absolute atomic E-state index is 13.2. The molecule has 7 heteroatoms. The monoisotopic (exact) mass is 502 g/mol. The van der Waals surface area contributed by atoms with Crippen LogP contribution < -0.4 is 10.6 Å². The molecule has 1 fully saturated rings. The van der Waals surface area contributed by atoms with E-state index in [9.17, 15) is 4.39 Å². The maximum Gasteiger partial charge on any atom is 0.191 e. The molecule has 4 nitrogen and oxygen atoms in total. The van der Waals surface area contributed by atoms with Crippen molar-refractivity contribution in [2.45, 2.75) is 25.9 Å². The summed E-state index contributed by atoms with van der Waals surface area (Å²) in [5, 5.41) is 8.81. The average Bonchev–Trinajstić information content (AvgIpc) is 3.16. The third-order valence-electron chi connectivity index (χ3n) is 4.80. The predicted molar refractivity (Wildman–Crippen MR) is 122 cm³/mol. The summed E-state index contributed by atoms with van der Waals surface area (Å²) in [5.74, 6) is 1.24.